The summed E-state index contributed by atoms with van der Waals surface area (Å²) in [5, 5.41) is 3.91. The van der Waals surface area contributed by atoms with Crippen LogP contribution < -0.4 is 10.1 Å². The van der Waals surface area contributed by atoms with Gasteiger partial charge in [0.05, 0.1) is 23.6 Å². The molecule has 1 N–H and O–H groups in total. The first kappa shape index (κ1) is 27.6. The van der Waals surface area contributed by atoms with E-state index in [2.05, 4.69) is 5.32 Å². The van der Waals surface area contributed by atoms with Gasteiger partial charge in [-0.1, -0.05) is 78.7 Å². The molecular weight excluding hydrogens is 495 g/mol. The summed E-state index contributed by atoms with van der Waals surface area (Å²) >= 11 is 12.4. The van der Waals surface area contributed by atoms with E-state index in [0.29, 0.717) is 22.2 Å². The first-order chi connectivity index (χ1) is 17.3. The lowest BCUT2D eigenvalue weighted by Crippen LogP contribution is -2.52. The number of hydrogen-bond donors (Lipinski definition) is 1. The second-order valence-corrected chi connectivity index (χ2v) is 9.63. The predicted molar refractivity (Wildman–Crippen MR) is 146 cm³/mol. The molecule has 3 aromatic rings. The molecular formula is C29H32Cl2N2O3. The Kier molecular flexibility index (Phi) is 10.2. The normalized spacial score (nSPS) is 12.5. The molecule has 0 aromatic heterocycles. The second-order valence-electron chi connectivity index (χ2n) is 8.82. The number of ether oxygens (including phenoxy) is 1. The standard InChI is InChI=1S/C29H32Cl2N2O3/c1-4-20(2)32-29(35)27(17-21-8-6-5-7-9-21)33(19-23-12-15-25(30)26(31)16-23)28(34)18-22-10-13-24(36-3)14-11-22/h5-16,20,27H,4,17-19H2,1-3H3,(H,32,35)/t20-,27-/m1/s1. The summed E-state index contributed by atoms with van der Waals surface area (Å²) in [6.07, 6.45) is 1.32. The van der Waals surface area contributed by atoms with Gasteiger partial charge >= 0.3 is 0 Å². The third kappa shape index (κ3) is 7.74. The highest BCUT2D eigenvalue weighted by Crippen LogP contribution is 2.25. The van der Waals surface area contributed by atoms with Gasteiger partial charge in [0.15, 0.2) is 0 Å². The zero-order valence-corrected chi connectivity index (χ0v) is 22.4. The summed E-state index contributed by atoms with van der Waals surface area (Å²) < 4.78 is 5.23. The minimum Gasteiger partial charge on any atom is -0.497 e. The summed E-state index contributed by atoms with van der Waals surface area (Å²) in [4.78, 5) is 29.0. The van der Waals surface area contributed by atoms with Crippen LogP contribution in [0.4, 0.5) is 0 Å². The molecule has 190 valence electrons. The molecule has 3 rings (SSSR count). The van der Waals surface area contributed by atoms with Crippen LogP contribution in [0.2, 0.25) is 10.0 Å². The van der Waals surface area contributed by atoms with Gasteiger partial charge in [-0.25, -0.2) is 0 Å². The van der Waals surface area contributed by atoms with Crippen LogP contribution in [0, 0.1) is 0 Å². The van der Waals surface area contributed by atoms with E-state index in [0.717, 1.165) is 23.1 Å². The largest absolute Gasteiger partial charge is 0.497 e. The van der Waals surface area contributed by atoms with Crippen molar-refractivity contribution in [1.82, 2.24) is 10.2 Å². The SMILES string of the molecule is CC[C@@H](C)NC(=O)[C@@H](Cc1ccccc1)N(Cc1ccc(Cl)c(Cl)c1)C(=O)Cc1ccc(OC)cc1. The molecule has 0 aliphatic heterocycles. The maximum absolute atomic E-state index is 13.8. The Bertz CT molecular complexity index is 1150. The summed E-state index contributed by atoms with van der Waals surface area (Å²) in [5.74, 6) is 0.372. The fourth-order valence-corrected chi connectivity index (χ4v) is 4.17. The Hall–Kier alpha value is -3.02. The highest BCUT2D eigenvalue weighted by molar-refractivity contribution is 6.42. The summed E-state index contributed by atoms with van der Waals surface area (Å²) in [6.45, 7) is 4.19. The highest BCUT2D eigenvalue weighted by atomic mass is 35.5. The molecule has 0 fully saturated rings. The number of hydrogen-bond acceptors (Lipinski definition) is 3. The van der Waals surface area contributed by atoms with Crippen molar-refractivity contribution < 1.29 is 14.3 Å². The van der Waals surface area contributed by atoms with Crippen LogP contribution >= 0.6 is 23.2 Å². The number of rotatable bonds is 11. The number of nitrogens with zero attached hydrogens (tertiary/aromatic N) is 1. The maximum atomic E-state index is 13.8. The van der Waals surface area contributed by atoms with Crippen LogP contribution in [0.25, 0.3) is 0 Å². The van der Waals surface area contributed by atoms with Crippen molar-refractivity contribution in [2.75, 3.05) is 7.11 Å². The number of amides is 2. The molecule has 0 spiro atoms. The fraction of sp³-hybridized carbons (Fsp3) is 0.310. The van der Waals surface area contributed by atoms with Gasteiger partial charge in [-0.2, -0.15) is 0 Å². The lowest BCUT2D eigenvalue weighted by atomic mass is 10.0. The molecule has 7 heteroatoms. The van der Waals surface area contributed by atoms with Crippen LogP contribution in [-0.4, -0.2) is 35.9 Å². The maximum Gasteiger partial charge on any atom is 0.243 e. The zero-order chi connectivity index (χ0) is 26.1. The van der Waals surface area contributed by atoms with Crippen molar-refractivity contribution in [2.45, 2.75) is 51.7 Å². The molecule has 0 unspecified atom stereocenters. The van der Waals surface area contributed by atoms with E-state index in [1.165, 1.54) is 0 Å². The van der Waals surface area contributed by atoms with Crippen molar-refractivity contribution in [3.63, 3.8) is 0 Å². The number of carbonyl (C=O) groups is 2. The van der Waals surface area contributed by atoms with Crippen molar-refractivity contribution in [3.8, 4) is 5.75 Å². The molecule has 0 radical (unpaired) electrons. The van der Waals surface area contributed by atoms with Crippen LogP contribution in [-0.2, 0) is 29.0 Å². The van der Waals surface area contributed by atoms with Gasteiger partial charge in [0.1, 0.15) is 11.8 Å². The van der Waals surface area contributed by atoms with Crippen molar-refractivity contribution >= 4 is 35.0 Å². The Morgan fingerprint density at radius 2 is 1.58 bits per heavy atom. The van der Waals surface area contributed by atoms with Crippen molar-refractivity contribution in [2.24, 2.45) is 0 Å². The number of halogens is 2. The monoisotopic (exact) mass is 526 g/mol. The molecule has 0 aliphatic carbocycles. The number of benzene rings is 3. The van der Waals surface area contributed by atoms with E-state index in [-0.39, 0.29) is 30.8 Å². The van der Waals surface area contributed by atoms with E-state index in [1.807, 2.05) is 74.5 Å². The number of methoxy groups -OCH3 is 1. The quantitative estimate of drug-likeness (QED) is 0.328. The van der Waals surface area contributed by atoms with Gasteiger partial charge in [-0.05, 0) is 54.3 Å². The highest BCUT2D eigenvalue weighted by Gasteiger charge is 2.31. The summed E-state index contributed by atoms with van der Waals surface area (Å²) in [6, 6.07) is 21.6. The van der Waals surface area contributed by atoms with Gasteiger partial charge in [0.2, 0.25) is 11.8 Å². The first-order valence-corrected chi connectivity index (χ1v) is 12.8. The Labute approximate surface area is 223 Å². The number of carbonyl (C=O) groups excluding carboxylic acids is 2. The third-order valence-electron chi connectivity index (χ3n) is 6.12. The summed E-state index contributed by atoms with van der Waals surface area (Å²) in [7, 11) is 1.60. The van der Waals surface area contributed by atoms with Crippen LogP contribution in [0.15, 0.2) is 72.8 Å². The minimum atomic E-state index is -0.707. The molecule has 0 saturated heterocycles. The molecule has 3 aromatic carbocycles. The minimum absolute atomic E-state index is 0.0145. The van der Waals surface area contributed by atoms with Crippen LogP contribution in [0.5, 0.6) is 5.75 Å². The molecule has 0 heterocycles. The fourth-order valence-electron chi connectivity index (χ4n) is 3.85. The van der Waals surface area contributed by atoms with Gasteiger partial charge in [-0.15, -0.1) is 0 Å². The number of nitrogens with one attached hydrogen (secondary N) is 1. The molecule has 5 nitrogen and oxygen atoms in total. The second kappa shape index (κ2) is 13.3. The van der Waals surface area contributed by atoms with E-state index in [9.17, 15) is 9.59 Å². The lowest BCUT2D eigenvalue weighted by Gasteiger charge is -2.32. The summed E-state index contributed by atoms with van der Waals surface area (Å²) in [5.41, 5.74) is 2.60. The predicted octanol–water partition coefficient (Wildman–Crippen LogP) is 6.10. The van der Waals surface area contributed by atoms with E-state index in [1.54, 1.807) is 24.1 Å². The van der Waals surface area contributed by atoms with Gasteiger partial charge in [0.25, 0.3) is 0 Å². The third-order valence-corrected chi connectivity index (χ3v) is 6.86. The smallest absolute Gasteiger partial charge is 0.243 e. The van der Waals surface area contributed by atoms with E-state index in [4.69, 9.17) is 27.9 Å². The topological polar surface area (TPSA) is 58.6 Å². The Morgan fingerprint density at radius 3 is 2.19 bits per heavy atom. The molecule has 0 saturated carbocycles. The average Bonchev–Trinajstić information content (AvgIpc) is 2.89. The van der Waals surface area contributed by atoms with Crippen molar-refractivity contribution in [3.05, 3.63) is 99.5 Å². The molecule has 0 bridgehead atoms. The Morgan fingerprint density at radius 1 is 0.917 bits per heavy atom. The van der Waals surface area contributed by atoms with Gasteiger partial charge < -0.3 is 15.0 Å². The first-order valence-electron chi connectivity index (χ1n) is 12.0. The van der Waals surface area contributed by atoms with Crippen LogP contribution in [0.1, 0.15) is 37.0 Å². The molecule has 2 atom stereocenters. The Balaban J connectivity index is 1.97. The van der Waals surface area contributed by atoms with E-state index < -0.39 is 6.04 Å². The van der Waals surface area contributed by atoms with Crippen molar-refractivity contribution in [1.29, 1.82) is 0 Å². The molecule has 0 aliphatic rings. The van der Waals surface area contributed by atoms with Gasteiger partial charge in [0, 0.05) is 19.0 Å². The molecule has 36 heavy (non-hydrogen) atoms. The zero-order valence-electron chi connectivity index (χ0n) is 20.8. The van der Waals surface area contributed by atoms with Crippen LogP contribution in [0.3, 0.4) is 0 Å². The van der Waals surface area contributed by atoms with Gasteiger partial charge in [-0.3, -0.25) is 9.59 Å². The average molecular weight is 527 g/mol. The lowest BCUT2D eigenvalue weighted by molar-refractivity contribution is -0.141. The van der Waals surface area contributed by atoms with E-state index >= 15 is 0 Å². The molecule has 2 amide bonds.